The number of hydrogen-bond donors (Lipinski definition) is 1. The first-order chi connectivity index (χ1) is 13.4. The summed E-state index contributed by atoms with van der Waals surface area (Å²) in [5, 5.41) is 19.2. The summed E-state index contributed by atoms with van der Waals surface area (Å²) in [5.74, 6) is -0.465. The van der Waals surface area contributed by atoms with Crippen LogP contribution in [0.3, 0.4) is 0 Å². The third-order valence-electron chi connectivity index (χ3n) is 6.31. The smallest absolute Gasteiger partial charge is 0.256 e. The number of carbonyl (C=O) groups excluding carboxylic acids is 2. The van der Waals surface area contributed by atoms with Crippen LogP contribution in [0.4, 0.5) is 4.39 Å². The third-order valence-corrected chi connectivity index (χ3v) is 6.31. The summed E-state index contributed by atoms with van der Waals surface area (Å²) in [6, 6.07) is 5.69. The van der Waals surface area contributed by atoms with Gasteiger partial charge in [-0.1, -0.05) is 0 Å². The van der Waals surface area contributed by atoms with Crippen LogP contribution in [-0.4, -0.2) is 59.0 Å². The van der Waals surface area contributed by atoms with Gasteiger partial charge in [0.15, 0.2) is 0 Å². The molecule has 2 saturated heterocycles. The number of carbonyl (C=O) groups is 2. The Hall–Kier alpha value is -2.46. The standard InChI is InChI=1S/C21H24FN3O3/c22-18-9-15(11-23)3-4-17(18)19(27)24-7-5-21(6-8-24)10-16(26)13-25(20(21)28)12-14-1-2-14/h3-4,9,14,16,26H,1-2,5-8,10,12-13H2. The van der Waals surface area contributed by atoms with Gasteiger partial charge >= 0.3 is 0 Å². The number of nitriles is 1. The summed E-state index contributed by atoms with van der Waals surface area (Å²) in [6.07, 6.45) is 3.15. The maximum Gasteiger partial charge on any atom is 0.256 e. The number of halogens is 1. The van der Waals surface area contributed by atoms with E-state index >= 15 is 0 Å². The normalized spacial score (nSPS) is 24.3. The van der Waals surface area contributed by atoms with Crippen LogP contribution >= 0.6 is 0 Å². The molecular weight excluding hydrogens is 361 g/mol. The van der Waals surface area contributed by atoms with E-state index in [2.05, 4.69) is 0 Å². The summed E-state index contributed by atoms with van der Waals surface area (Å²) in [6.45, 7) is 1.83. The Kier molecular flexibility index (Phi) is 4.84. The molecule has 28 heavy (non-hydrogen) atoms. The van der Waals surface area contributed by atoms with Crippen molar-refractivity contribution in [3.8, 4) is 6.07 Å². The molecule has 3 aliphatic rings. The van der Waals surface area contributed by atoms with Gasteiger partial charge in [0, 0.05) is 26.2 Å². The van der Waals surface area contributed by atoms with Crippen LogP contribution in [0.15, 0.2) is 18.2 Å². The topological polar surface area (TPSA) is 84.6 Å². The molecule has 6 nitrogen and oxygen atoms in total. The fourth-order valence-corrected chi connectivity index (χ4v) is 4.53. The summed E-state index contributed by atoms with van der Waals surface area (Å²) >= 11 is 0. The number of hydrogen-bond acceptors (Lipinski definition) is 4. The van der Waals surface area contributed by atoms with Gasteiger partial charge in [-0.25, -0.2) is 4.39 Å². The number of likely N-dealkylation sites (tertiary alicyclic amines) is 2. The number of piperidine rings is 2. The molecular formula is C21H24FN3O3. The lowest BCUT2D eigenvalue weighted by molar-refractivity contribution is -0.156. The summed E-state index contributed by atoms with van der Waals surface area (Å²) < 4.78 is 14.2. The number of rotatable bonds is 3. The van der Waals surface area contributed by atoms with Gasteiger partial charge < -0.3 is 14.9 Å². The minimum absolute atomic E-state index is 0.0553. The van der Waals surface area contributed by atoms with Gasteiger partial charge in [0.2, 0.25) is 5.91 Å². The lowest BCUT2D eigenvalue weighted by atomic mass is 9.70. The molecule has 2 aliphatic heterocycles. The van der Waals surface area contributed by atoms with Crippen molar-refractivity contribution in [2.75, 3.05) is 26.2 Å². The van der Waals surface area contributed by atoms with Gasteiger partial charge in [0.25, 0.3) is 5.91 Å². The molecule has 3 fully saturated rings. The highest BCUT2D eigenvalue weighted by molar-refractivity contribution is 5.95. The Morgan fingerprint density at radius 3 is 2.64 bits per heavy atom. The minimum Gasteiger partial charge on any atom is -0.391 e. The van der Waals surface area contributed by atoms with Crippen LogP contribution in [-0.2, 0) is 4.79 Å². The van der Waals surface area contributed by atoms with E-state index in [-0.39, 0.29) is 17.0 Å². The number of β-amino-alcohol motifs (C(OH)–C–C–N with tert-alkyl or cyclic N) is 1. The summed E-state index contributed by atoms with van der Waals surface area (Å²) in [5.41, 5.74) is -0.503. The van der Waals surface area contributed by atoms with Gasteiger partial charge in [0.05, 0.1) is 28.7 Å². The molecule has 1 unspecified atom stereocenters. The van der Waals surface area contributed by atoms with Crippen LogP contribution in [0.5, 0.6) is 0 Å². The second-order valence-electron chi connectivity index (χ2n) is 8.39. The second kappa shape index (κ2) is 7.17. The number of amides is 2. The third kappa shape index (κ3) is 3.49. The molecule has 1 N–H and O–H groups in total. The van der Waals surface area contributed by atoms with Crippen LogP contribution < -0.4 is 0 Å². The maximum atomic E-state index is 14.2. The van der Waals surface area contributed by atoms with E-state index in [1.54, 1.807) is 4.90 Å². The molecule has 2 heterocycles. The molecule has 1 atom stereocenters. The maximum absolute atomic E-state index is 14.2. The zero-order valence-corrected chi connectivity index (χ0v) is 15.7. The van der Waals surface area contributed by atoms with Crippen molar-refractivity contribution >= 4 is 11.8 Å². The van der Waals surface area contributed by atoms with Gasteiger partial charge in [0.1, 0.15) is 5.82 Å². The fraction of sp³-hybridized carbons (Fsp3) is 0.571. The fourth-order valence-electron chi connectivity index (χ4n) is 4.53. The van der Waals surface area contributed by atoms with Gasteiger partial charge in [-0.15, -0.1) is 0 Å². The first-order valence-corrected chi connectivity index (χ1v) is 9.88. The van der Waals surface area contributed by atoms with Gasteiger partial charge in [-0.05, 0) is 56.2 Å². The average Bonchev–Trinajstić information content (AvgIpc) is 3.50. The minimum atomic E-state index is -0.705. The largest absolute Gasteiger partial charge is 0.391 e. The molecule has 0 radical (unpaired) electrons. The molecule has 7 heteroatoms. The Morgan fingerprint density at radius 1 is 1.32 bits per heavy atom. The van der Waals surface area contributed by atoms with E-state index in [4.69, 9.17) is 5.26 Å². The molecule has 1 saturated carbocycles. The first-order valence-electron chi connectivity index (χ1n) is 9.88. The Morgan fingerprint density at radius 2 is 2.04 bits per heavy atom. The average molecular weight is 385 g/mol. The van der Waals surface area contributed by atoms with E-state index in [0.29, 0.717) is 44.8 Å². The van der Waals surface area contributed by atoms with E-state index in [9.17, 15) is 19.1 Å². The molecule has 0 bridgehead atoms. The molecule has 1 spiro atoms. The quantitative estimate of drug-likeness (QED) is 0.862. The highest BCUT2D eigenvalue weighted by atomic mass is 19.1. The van der Waals surface area contributed by atoms with Crippen molar-refractivity contribution in [2.24, 2.45) is 11.3 Å². The van der Waals surface area contributed by atoms with Crippen molar-refractivity contribution in [3.63, 3.8) is 0 Å². The van der Waals surface area contributed by atoms with Crippen LogP contribution in [0.2, 0.25) is 0 Å². The van der Waals surface area contributed by atoms with E-state index in [0.717, 1.165) is 25.5 Å². The molecule has 0 aromatic heterocycles. The van der Waals surface area contributed by atoms with E-state index in [1.807, 2.05) is 11.0 Å². The van der Waals surface area contributed by atoms with E-state index < -0.39 is 23.2 Å². The molecule has 1 aromatic carbocycles. The van der Waals surface area contributed by atoms with Crippen LogP contribution in [0.25, 0.3) is 0 Å². The number of aliphatic hydroxyl groups is 1. The SMILES string of the molecule is N#Cc1ccc(C(=O)N2CCC3(CC2)CC(O)CN(CC2CC2)C3=O)c(F)c1. The molecule has 1 aromatic rings. The van der Waals surface area contributed by atoms with Crippen LogP contribution in [0, 0.1) is 28.5 Å². The Balaban J connectivity index is 1.45. The molecule has 4 rings (SSSR count). The summed E-state index contributed by atoms with van der Waals surface area (Å²) in [7, 11) is 0. The predicted octanol–water partition coefficient (Wildman–Crippen LogP) is 1.92. The highest BCUT2D eigenvalue weighted by Gasteiger charge is 2.49. The second-order valence-corrected chi connectivity index (χ2v) is 8.39. The van der Waals surface area contributed by atoms with Gasteiger partial charge in [-0.3, -0.25) is 9.59 Å². The lowest BCUT2D eigenvalue weighted by Crippen LogP contribution is -2.58. The Bertz CT molecular complexity index is 836. The zero-order valence-electron chi connectivity index (χ0n) is 15.7. The monoisotopic (exact) mass is 385 g/mol. The number of benzene rings is 1. The van der Waals surface area contributed by atoms with E-state index in [1.165, 1.54) is 12.1 Å². The zero-order chi connectivity index (χ0) is 19.9. The first kappa shape index (κ1) is 18.9. The Labute approximate surface area is 163 Å². The highest BCUT2D eigenvalue weighted by Crippen LogP contribution is 2.42. The van der Waals surface area contributed by atoms with Crippen LogP contribution in [0.1, 0.15) is 48.0 Å². The number of nitrogens with zero attached hydrogens (tertiary/aromatic N) is 3. The van der Waals surface area contributed by atoms with Crippen molar-refractivity contribution < 1.29 is 19.1 Å². The van der Waals surface area contributed by atoms with Crippen molar-refractivity contribution in [1.29, 1.82) is 5.26 Å². The molecule has 2 amide bonds. The van der Waals surface area contributed by atoms with Crippen molar-refractivity contribution in [1.82, 2.24) is 9.80 Å². The summed E-state index contributed by atoms with van der Waals surface area (Å²) in [4.78, 5) is 29.2. The molecule has 148 valence electrons. The van der Waals surface area contributed by atoms with Gasteiger partial charge in [-0.2, -0.15) is 5.26 Å². The predicted molar refractivity (Wildman–Crippen MR) is 98.6 cm³/mol. The van der Waals surface area contributed by atoms with Crippen molar-refractivity contribution in [2.45, 2.75) is 38.2 Å². The van der Waals surface area contributed by atoms with Crippen molar-refractivity contribution in [3.05, 3.63) is 35.1 Å². The molecule has 1 aliphatic carbocycles. The number of aliphatic hydroxyl groups excluding tert-OH is 1. The lowest BCUT2D eigenvalue weighted by Gasteiger charge is -2.48.